The summed E-state index contributed by atoms with van der Waals surface area (Å²) in [7, 11) is 1.58. The maximum absolute atomic E-state index is 13.1. The first-order chi connectivity index (χ1) is 15.9. The number of methoxy groups -OCH3 is 1. The third-order valence-corrected chi connectivity index (χ3v) is 5.50. The minimum Gasteiger partial charge on any atom is -0.507 e. The number of Topliss-reactive ketones (excluding diaryl/α,β-unsaturated/α-hetero) is 1. The zero-order chi connectivity index (χ0) is 23.5. The Bertz CT molecular complexity index is 1070. The number of hydrogen-bond acceptors (Lipinski definition) is 7. The molecule has 1 fully saturated rings. The van der Waals surface area contributed by atoms with E-state index in [1.165, 1.54) is 4.90 Å². The Kier molecular flexibility index (Phi) is 6.55. The highest BCUT2D eigenvalue weighted by atomic mass is 16.7. The quantitative estimate of drug-likeness (QED) is 0.282. The number of likely N-dealkylation sites (tertiary alicyclic amines) is 1. The molecule has 0 aliphatic carbocycles. The number of aliphatic hydroxyl groups is 1. The van der Waals surface area contributed by atoms with Crippen molar-refractivity contribution in [2.24, 2.45) is 0 Å². The minimum absolute atomic E-state index is 0.0153. The van der Waals surface area contributed by atoms with Crippen LogP contribution in [-0.4, -0.2) is 54.9 Å². The maximum atomic E-state index is 13.1. The predicted octanol–water partition coefficient (Wildman–Crippen LogP) is 3.66. The van der Waals surface area contributed by atoms with E-state index in [2.05, 4.69) is 0 Å². The van der Waals surface area contributed by atoms with Crippen LogP contribution < -0.4 is 14.2 Å². The third kappa shape index (κ3) is 4.52. The number of amides is 1. The highest BCUT2D eigenvalue weighted by molar-refractivity contribution is 6.46. The summed E-state index contributed by atoms with van der Waals surface area (Å²) in [6.45, 7) is 4.71. The fraction of sp³-hybridized carbons (Fsp3) is 0.360. The number of hydrogen-bond donors (Lipinski definition) is 1. The molecule has 1 unspecified atom stereocenters. The smallest absolute Gasteiger partial charge is 0.295 e. The Morgan fingerprint density at radius 3 is 2.55 bits per heavy atom. The topological polar surface area (TPSA) is 94.5 Å². The second-order valence-electron chi connectivity index (χ2n) is 8.14. The van der Waals surface area contributed by atoms with Gasteiger partial charge in [0.05, 0.1) is 17.7 Å². The number of carbonyl (C=O) groups is 2. The van der Waals surface area contributed by atoms with Crippen LogP contribution in [0.5, 0.6) is 17.2 Å². The van der Waals surface area contributed by atoms with Gasteiger partial charge in [0.25, 0.3) is 11.7 Å². The van der Waals surface area contributed by atoms with Crippen molar-refractivity contribution in [1.82, 2.24) is 4.90 Å². The van der Waals surface area contributed by atoms with Crippen LogP contribution in [0.4, 0.5) is 0 Å². The SMILES string of the molecule is COCCCN1C(=O)C(=O)/C(=C(\O)c2ccc3c(c2)OCO3)C1c1ccc(OC(C)C)cc1. The summed E-state index contributed by atoms with van der Waals surface area (Å²) in [6.07, 6.45) is 0.570. The molecule has 0 bridgehead atoms. The molecule has 1 N–H and O–H groups in total. The average Bonchev–Trinajstić information content (AvgIpc) is 3.36. The molecule has 8 heteroatoms. The van der Waals surface area contributed by atoms with E-state index in [0.717, 1.165) is 0 Å². The molecule has 1 atom stereocenters. The van der Waals surface area contributed by atoms with Gasteiger partial charge in [0.1, 0.15) is 11.5 Å². The summed E-state index contributed by atoms with van der Waals surface area (Å²) in [4.78, 5) is 27.5. The summed E-state index contributed by atoms with van der Waals surface area (Å²) in [5.74, 6) is 0.0780. The third-order valence-electron chi connectivity index (χ3n) is 5.50. The first-order valence-corrected chi connectivity index (χ1v) is 10.8. The largest absolute Gasteiger partial charge is 0.507 e. The summed E-state index contributed by atoms with van der Waals surface area (Å²) in [6, 6.07) is 11.4. The number of nitrogens with zero attached hydrogens (tertiary/aromatic N) is 1. The first-order valence-electron chi connectivity index (χ1n) is 10.8. The Balaban J connectivity index is 1.76. The molecular formula is C25H27NO7. The molecule has 1 saturated heterocycles. The predicted molar refractivity (Wildman–Crippen MR) is 120 cm³/mol. The van der Waals surface area contributed by atoms with Crippen molar-refractivity contribution < 1.29 is 33.6 Å². The number of ketones is 1. The number of benzene rings is 2. The van der Waals surface area contributed by atoms with E-state index in [1.807, 2.05) is 26.0 Å². The van der Waals surface area contributed by atoms with Gasteiger partial charge in [-0.25, -0.2) is 0 Å². The van der Waals surface area contributed by atoms with Gasteiger partial charge in [0.2, 0.25) is 6.79 Å². The Morgan fingerprint density at radius 1 is 1.12 bits per heavy atom. The van der Waals surface area contributed by atoms with Gasteiger partial charge in [-0.05, 0) is 56.2 Å². The first kappa shape index (κ1) is 22.7. The van der Waals surface area contributed by atoms with Crippen molar-refractivity contribution in [2.45, 2.75) is 32.4 Å². The standard InChI is InChI=1S/C25H27NO7/c1-15(2)33-18-8-5-16(6-9-18)22-21(24(28)25(29)26(22)11-4-12-30-3)23(27)17-7-10-19-20(13-17)32-14-31-19/h5-10,13,15,22,27H,4,11-12,14H2,1-3H3/b23-21-. The molecule has 0 aromatic heterocycles. The van der Waals surface area contributed by atoms with Crippen LogP contribution in [0.3, 0.4) is 0 Å². The van der Waals surface area contributed by atoms with E-state index in [4.69, 9.17) is 18.9 Å². The van der Waals surface area contributed by atoms with Gasteiger partial charge in [0.15, 0.2) is 11.5 Å². The average molecular weight is 453 g/mol. The Labute approximate surface area is 192 Å². The summed E-state index contributed by atoms with van der Waals surface area (Å²) in [5.41, 5.74) is 1.11. The van der Waals surface area contributed by atoms with Gasteiger partial charge in [-0.15, -0.1) is 0 Å². The second-order valence-corrected chi connectivity index (χ2v) is 8.14. The fourth-order valence-electron chi connectivity index (χ4n) is 4.04. The molecule has 1 amide bonds. The highest BCUT2D eigenvalue weighted by Gasteiger charge is 2.45. The van der Waals surface area contributed by atoms with Gasteiger partial charge in [-0.3, -0.25) is 9.59 Å². The zero-order valence-electron chi connectivity index (χ0n) is 18.9. The second kappa shape index (κ2) is 9.54. The monoisotopic (exact) mass is 453 g/mol. The van der Waals surface area contributed by atoms with Crippen LogP contribution >= 0.6 is 0 Å². The van der Waals surface area contributed by atoms with Crippen LogP contribution in [0.15, 0.2) is 48.0 Å². The van der Waals surface area contributed by atoms with Crippen molar-refractivity contribution in [3.05, 3.63) is 59.2 Å². The number of carbonyl (C=O) groups excluding carboxylic acids is 2. The van der Waals surface area contributed by atoms with Crippen molar-refractivity contribution in [3.8, 4) is 17.2 Å². The fourth-order valence-corrected chi connectivity index (χ4v) is 4.04. The van der Waals surface area contributed by atoms with Gasteiger partial charge in [0, 0.05) is 25.8 Å². The summed E-state index contributed by atoms with van der Waals surface area (Å²) < 4.78 is 21.6. The molecule has 33 heavy (non-hydrogen) atoms. The molecule has 0 radical (unpaired) electrons. The molecule has 4 rings (SSSR count). The lowest BCUT2D eigenvalue weighted by atomic mass is 9.95. The van der Waals surface area contributed by atoms with E-state index in [0.29, 0.717) is 47.9 Å². The summed E-state index contributed by atoms with van der Waals surface area (Å²) in [5, 5.41) is 11.2. The zero-order valence-corrected chi connectivity index (χ0v) is 18.9. The van der Waals surface area contributed by atoms with E-state index < -0.39 is 17.7 Å². The molecule has 8 nitrogen and oxygen atoms in total. The molecule has 2 aromatic carbocycles. The van der Waals surface area contributed by atoms with Gasteiger partial charge < -0.3 is 29.0 Å². The lowest BCUT2D eigenvalue weighted by Crippen LogP contribution is -2.31. The molecule has 0 spiro atoms. The number of rotatable bonds is 8. The molecule has 2 heterocycles. The lowest BCUT2D eigenvalue weighted by molar-refractivity contribution is -0.140. The van der Waals surface area contributed by atoms with E-state index in [9.17, 15) is 14.7 Å². The van der Waals surface area contributed by atoms with Gasteiger partial charge in [-0.2, -0.15) is 0 Å². The van der Waals surface area contributed by atoms with Crippen molar-refractivity contribution >= 4 is 17.4 Å². The summed E-state index contributed by atoms with van der Waals surface area (Å²) >= 11 is 0. The maximum Gasteiger partial charge on any atom is 0.295 e. The number of fused-ring (bicyclic) bond motifs is 1. The van der Waals surface area contributed by atoms with E-state index in [-0.39, 0.29) is 24.2 Å². The Morgan fingerprint density at radius 2 is 1.85 bits per heavy atom. The molecular weight excluding hydrogens is 426 g/mol. The van der Waals surface area contributed by atoms with Crippen LogP contribution in [0, 0.1) is 0 Å². The van der Waals surface area contributed by atoms with Crippen LogP contribution in [-0.2, 0) is 14.3 Å². The molecule has 0 saturated carbocycles. The highest BCUT2D eigenvalue weighted by Crippen LogP contribution is 2.41. The van der Waals surface area contributed by atoms with Crippen LogP contribution in [0.1, 0.15) is 37.4 Å². The van der Waals surface area contributed by atoms with Gasteiger partial charge in [-0.1, -0.05) is 12.1 Å². The van der Waals surface area contributed by atoms with Gasteiger partial charge >= 0.3 is 0 Å². The van der Waals surface area contributed by atoms with E-state index >= 15 is 0 Å². The van der Waals surface area contributed by atoms with E-state index in [1.54, 1.807) is 37.4 Å². The molecule has 174 valence electrons. The molecule has 2 aliphatic rings. The molecule has 2 aromatic rings. The normalized spacial score (nSPS) is 18.9. The Hall–Kier alpha value is -3.52. The number of aliphatic hydroxyl groups excluding tert-OH is 1. The van der Waals surface area contributed by atoms with Crippen molar-refractivity contribution in [2.75, 3.05) is 27.1 Å². The van der Waals surface area contributed by atoms with Crippen molar-refractivity contribution in [1.29, 1.82) is 0 Å². The minimum atomic E-state index is -0.736. The van der Waals surface area contributed by atoms with Crippen LogP contribution in [0.25, 0.3) is 5.76 Å². The van der Waals surface area contributed by atoms with Crippen LogP contribution in [0.2, 0.25) is 0 Å². The lowest BCUT2D eigenvalue weighted by Gasteiger charge is -2.25. The van der Waals surface area contributed by atoms with Crippen molar-refractivity contribution in [3.63, 3.8) is 0 Å². The molecule has 2 aliphatic heterocycles. The number of ether oxygens (including phenoxy) is 4.